The van der Waals surface area contributed by atoms with Gasteiger partial charge < -0.3 is 5.32 Å². The van der Waals surface area contributed by atoms with Gasteiger partial charge in [0.2, 0.25) is 0 Å². The quantitative estimate of drug-likeness (QED) is 0.921. The Morgan fingerprint density at radius 1 is 1.59 bits per heavy atom. The maximum absolute atomic E-state index is 12.1. The average Bonchev–Trinajstić information content (AvgIpc) is 2.34. The number of carbonyl (C=O) groups is 1. The Morgan fingerprint density at radius 2 is 2.41 bits per heavy atom. The first-order valence-electron chi connectivity index (χ1n) is 5.44. The molecule has 1 fully saturated rings. The van der Waals surface area contributed by atoms with Crippen molar-refractivity contribution < 1.29 is 4.79 Å². The fraction of sp³-hybridized carbons (Fsp3) is 0.417. The third-order valence-electron chi connectivity index (χ3n) is 2.69. The molecule has 0 spiro atoms. The lowest BCUT2D eigenvalue weighted by Gasteiger charge is -2.22. The summed E-state index contributed by atoms with van der Waals surface area (Å²) in [5, 5.41) is 3.90. The van der Waals surface area contributed by atoms with Crippen LogP contribution in [-0.4, -0.2) is 29.9 Å². The van der Waals surface area contributed by atoms with Crippen molar-refractivity contribution in [2.45, 2.75) is 12.5 Å². The van der Waals surface area contributed by atoms with Gasteiger partial charge >= 0.3 is 0 Å². The molecule has 17 heavy (non-hydrogen) atoms. The fourth-order valence-electron chi connectivity index (χ4n) is 1.75. The standard InChI is InChI=1S/C12H13BrClNOS/c13-9-2-1-8(10(14)6-9)5-12(16)11-7-17-4-3-15-11/h1-2,6,11,15H,3-5,7H2. The van der Waals surface area contributed by atoms with E-state index in [4.69, 9.17) is 11.6 Å². The predicted octanol–water partition coefficient (Wildman–Crippen LogP) is 2.92. The number of Topliss-reactive ketones (excluding diaryl/α,β-unsaturated/α-hetero) is 1. The van der Waals surface area contributed by atoms with Crippen LogP contribution in [0.25, 0.3) is 0 Å². The second kappa shape index (κ2) is 6.23. The highest BCUT2D eigenvalue weighted by Crippen LogP contribution is 2.22. The van der Waals surface area contributed by atoms with E-state index in [9.17, 15) is 4.79 Å². The number of rotatable bonds is 3. The molecule has 2 nitrogen and oxygen atoms in total. The van der Waals surface area contributed by atoms with Crippen molar-refractivity contribution in [2.24, 2.45) is 0 Å². The van der Waals surface area contributed by atoms with E-state index in [0.29, 0.717) is 11.4 Å². The molecule has 1 heterocycles. The Hall–Kier alpha value is -0.0300. The highest BCUT2D eigenvalue weighted by Gasteiger charge is 2.21. The van der Waals surface area contributed by atoms with E-state index < -0.39 is 0 Å². The summed E-state index contributed by atoms with van der Waals surface area (Å²) >= 11 is 11.3. The van der Waals surface area contributed by atoms with Crippen molar-refractivity contribution in [3.63, 3.8) is 0 Å². The molecular weight excluding hydrogens is 322 g/mol. The first-order valence-corrected chi connectivity index (χ1v) is 7.77. The highest BCUT2D eigenvalue weighted by atomic mass is 79.9. The molecule has 1 unspecified atom stereocenters. The van der Waals surface area contributed by atoms with Gasteiger partial charge in [-0.1, -0.05) is 33.6 Å². The third-order valence-corrected chi connectivity index (χ3v) is 4.60. The molecule has 1 aliphatic rings. The van der Waals surface area contributed by atoms with Crippen LogP contribution in [0.5, 0.6) is 0 Å². The molecule has 0 saturated carbocycles. The molecule has 1 atom stereocenters. The molecule has 1 saturated heterocycles. The molecule has 0 radical (unpaired) electrons. The van der Waals surface area contributed by atoms with Gasteiger partial charge in [-0.25, -0.2) is 0 Å². The van der Waals surface area contributed by atoms with E-state index in [1.807, 2.05) is 30.0 Å². The van der Waals surface area contributed by atoms with Crippen molar-refractivity contribution >= 4 is 45.1 Å². The van der Waals surface area contributed by atoms with Gasteiger partial charge in [0.05, 0.1) is 6.04 Å². The van der Waals surface area contributed by atoms with E-state index in [-0.39, 0.29) is 11.8 Å². The smallest absolute Gasteiger partial charge is 0.154 e. The minimum atomic E-state index is -0.0199. The summed E-state index contributed by atoms with van der Waals surface area (Å²) in [6.45, 7) is 0.912. The lowest BCUT2D eigenvalue weighted by molar-refractivity contribution is -0.119. The van der Waals surface area contributed by atoms with Crippen molar-refractivity contribution in [1.82, 2.24) is 5.32 Å². The van der Waals surface area contributed by atoms with E-state index in [0.717, 1.165) is 28.1 Å². The number of halogens is 2. The first-order chi connectivity index (χ1) is 8.16. The van der Waals surface area contributed by atoms with Gasteiger partial charge in [-0.3, -0.25) is 4.79 Å². The Labute approximate surface area is 119 Å². The first kappa shape index (κ1) is 13.4. The van der Waals surface area contributed by atoms with E-state index >= 15 is 0 Å². The van der Waals surface area contributed by atoms with Crippen molar-refractivity contribution in [3.05, 3.63) is 33.3 Å². The summed E-state index contributed by atoms with van der Waals surface area (Å²) in [5.74, 6) is 2.18. The van der Waals surface area contributed by atoms with Gasteiger partial charge in [-0.15, -0.1) is 0 Å². The zero-order valence-corrected chi connectivity index (χ0v) is 12.4. The largest absolute Gasteiger partial charge is 0.306 e. The second-order valence-electron chi connectivity index (χ2n) is 3.96. The predicted molar refractivity (Wildman–Crippen MR) is 77.0 cm³/mol. The maximum Gasteiger partial charge on any atom is 0.154 e. The summed E-state index contributed by atoms with van der Waals surface area (Å²) in [5.41, 5.74) is 0.900. The molecule has 5 heteroatoms. The topological polar surface area (TPSA) is 29.1 Å². The van der Waals surface area contributed by atoms with Crippen LogP contribution >= 0.6 is 39.3 Å². The fourth-order valence-corrected chi connectivity index (χ4v) is 3.46. The zero-order valence-electron chi connectivity index (χ0n) is 9.21. The molecule has 1 aromatic rings. The Morgan fingerprint density at radius 3 is 3.06 bits per heavy atom. The summed E-state index contributed by atoms with van der Waals surface area (Å²) in [6, 6.07) is 5.62. The van der Waals surface area contributed by atoms with Gasteiger partial charge in [0, 0.05) is 34.0 Å². The van der Waals surface area contributed by atoms with Crippen LogP contribution < -0.4 is 5.32 Å². The minimum Gasteiger partial charge on any atom is -0.306 e. The number of benzene rings is 1. The highest BCUT2D eigenvalue weighted by molar-refractivity contribution is 9.10. The molecule has 1 aliphatic heterocycles. The molecule has 1 N–H and O–H groups in total. The summed E-state index contributed by atoms with van der Waals surface area (Å²) in [4.78, 5) is 12.1. The lowest BCUT2D eigenvalue weighted by atomic mass is 10.0. The number of hydrogen-bond acceptors (Lipinski definition) is 3. The number of hydrogen-bond donors (Lipinski definition) is 1. The lowest BCUT2D eigenvalue weighted by Crippen LogP contribution is -2.44. The summed E-state index contributed by atoms with van der Waals surface area (Å²) in [7, 11) is 0. The van der Waals surface area contributed by atoms with Gasteiger partial charge in [-0.05, 0) is 17.7 Å². The van der Waals surface area contributed by atoms with E-state index in [1.54, 1.807) is 0 Å². The SMILES string of the molecule is O=C(Cc1ccc(Br)cc1Cl)C1CSCCN1. The maximum atomic E-state index is 12.1. The van der Waals surface area contributed by atoms with Gasteiger partial charge in [0.1, 0.15) is 0 Å². The van der Waals surface area contributed by atoms with Gasteiger partial charge in [0.25, 0.3) is 0 Å². The molecule has 0 aliphatic carbocycles. The van der Waals surface area contributed by atoms with E-state index in [1.165, 1.54) is 0 Å². The molecule has 2 rings (SSSR count). The molecule has 1 aromatic carbocycles. The number of ketones is 1. The monoisotopic (exact) mass is 333 g/mol. The Bertz CT molecular complexity index is 421. The molecular formula is C12H13BrClNOS. The van der Waals surface area contributed by atoms with Crippen LogP contribution in [0.4, 0.5) is 0 Å². The number of nitrogens with one attached hydrogen (secondary N) is 1. The van der Waals surface area contributed by atoms with Gasteiger partial charge in [0.15, 0.2) is 5.78 Å². The van der Waals surface area contributed by atoms with Crippen molar-refractivity contribution in [2.75, 3.05) is 18.1 Å². The normalized spacial score (nSPS) is 20.2. The molecule has 92 valence electrons. The Kier molecular flexibility index (Phi) is 4.91. The van der Waals surface area contributed by atoms with Crippen LogP contribution in [0, 0.1) is 0 Å². The zero-order chi connectivity index (χ0) is 12.3. The van der Waals surface area contributed by atoms with Crippen LogP contribution in [0.3, 0.4) is 0 Å². The van der Waals surface area contributed by atoms with Gasteiger partial charge in [-0.2, -0.15) is 11.8 Å². The number of carbonyl (C=O) groups excluding carboxylic acids is 1. The molecule has 0 aromatic heterocycles. The van der Waals surface area contributed by atoms with Crippen molar-refractivity contribution in [3.8, 4) is 0 Å². The second-order valence-corrected chi connectivity index (χ2v) is 6.43. The Balaban J connectivity index is 2.02. The van der Waals surface area contributed by atoms with Crippen molar-refractivity contribution in [1.29, 1.82) is 0 Å². The minimum absolute atomic E-state index is 0.0199. The van der Waals surface area contributed by atoms with E-state index in [2.05, 4.69) is 21.2 Å². The molecule has 0 amide bonds. The van der Waals surface area contributed by atoms with Crippen LogP contribution in [0.15, 0.2) is 22.7 Å². The summed E-state index contributed by atoms with van der Waals surface area (Å²) in [6.07, 6.45) is 0.407. The average molecular weight is 335 g/mol. The van der Waals surface area contributed by atoms with Crippen LogP contribution in [-0.2, 0) is 11.2 Å². The van der Waals surface area contributed by atoms with Crippen LogP contribution in [0.2, 0.25) is 5.02 Å². The number of thioether (sulfide) groups is 1. The van der Waals surface area contributed by atoms with Crippen LogP contribution in [0.1, 0.15) is 5.56 Å². The third kappa shape index (κ3) is 3.71. The molecule has 0 bridgehead atoms. The summed E-state index contributed by atoms with van der Waals surface area (Å²) < 4.78 is 0.935.